The number of nitrogens with one attached hydrogen (secondary N) is 1. The van der Waals surface area contributed by atoms with Gasteiger partial charge in [-0.25, -0.2) is 8.60 Å². The first-order chi connectivity index (χ1) is 7.18. The highest BCUT2D eigenvalue weighted by molar-refractivity contribution is 7.79. The van der Waals surface area contributed by atoms with Gasteiger partial charge in [-0.15, -0.1) is 0 Å². The fourth-order valence-electron chi connectivity index (χ4n) is 2.05. The Morgan fingerprint density at radius 3 is 2.67 bits per heavy atom. The molecule has 0 aromatic rings. The van der Waals surface area contributed by atoms with Crippen molar-refractivity contribution in [2.45, 2.75) is 38.3 Å². The van der Waals surface area contributed by atoms with Gasteiger partial charge in [0.05, 0.1) is 5.75 Å². The molecule has 0 spiro atoms. The molecule has 2 atom stereocenters. The van der Waals surface area contributed by atoms with Crippen LogP contribution in [0.15, 0.2) is 0 Å². The van der Waals surface area contributed by atoms with Crippen LogP contribution in [0.5, 0.6) is 0 Å². The SMILES string of the molecule is O=S(O)CC(F)CNCC1CCCCC1. The van der Waals surface area contributed by atoms with Crippen LogP contribution in [0.25, 0.3) is 0 Å². The van der Waals surface area contributed by atoms with Crippen LogP contribution < -0.4 is 5.32 Å². The van der Waals surface area contributed by atoms with E-state index in [1.54, 1.807) is 0 Å². The molecule has 1 rings (SSSR count). The number of hydrogen-bond acceptors (Lipinski definition) is 2. The maximum Gasteiger partial charge on any atom is 0.155 e. The second-order valence-corrected chi connectivity index (χ2v) is 5.22. The Labute approximate surface area is 93.1 Å². The summed E-state index contributed by atoms with van der Waals surface area (Å²) < 4.78 is 31.8. The minimum Gasteiger partial charge on any atom is -0.314 e. The number of rotatable bonds is 6. The van der Waals surface area contributed by atoms with Gasteiger partial charge in [0.25, 0.3) is 0 Å². The molecule has 90 valence electrons. The third kappa shape index (κ3) is 6.22. The van der Waals surface area contributed by atoms with Crippen LogP contribution in [-0.4, -0.2) is 33.8 Å². The van der Waals surface area contributed by atoms with Crippen molar-refractivity contribution >= 4 is 11.1 Å². The summed E-state index contributed by atoms with van der Waals surface area (Å²) in [7, 11) is 0. The zero-order valence-corrected chi connectivity index (χ0v) is 9.77. The highest BCUT2D eigenvalue weighted by Crippen LogP contribution is 2.22. The van der Waals surface area contributed by atoms with Gasteiger partial charge in [-0.1, -0.05) is 19.3 Å². The third-order valence-electron chi connectivity index (χ3n) is 2.85. The van der Waals surface area contributed by atoms with Crippen LogP contribution in [0, 0.1) is 5.92 Å². The van der Waals surface area contributed by atoms with Gasteiger partial charge in [0, 0.05) is 6.54 Å². The number of alkyl halides is 1. The van der Waals surface area contributed by atoms with E-state index >= 15 is 0 Å². The monoisotopic (exact) mass is 237 g/mol. The van der Waals surface area contributed by atoms with E-state index in [9.17, 15) is 8.60 Å². The Morgan fingerprint density at radius 2 is 2.07 bits per heavy atom. The first-order valence-electron chi connectivity index (χ1n) is 5.60. The summed E-state index contributed by atoms with van der Waals surface area (Å²) in [5, 5.41) is 3.04. The largest absolute Gasteiger partial charge is 0.314 e. The number of hydrogen-bond donors (Lipinski definition) is 2. The van der Waals surface area contributed by atoms with Gasteiger partial charge >= 0.3 is 0 Å². The molecule has 3 nitrogen and oxygen atoms in total. The van der Waals surface area contributed by atoms with Gasteiger partial charge < -0.3 is 9.87 Å². The van der Waals surface area contributed by atoms with E-state index in [0.717, 1.165) is 6.54 Å². The first kappa shape index (κ1) is 13.1. The van der Waals surface area contributed by atoms with Gasteiger partial charge in [-0.05, 0) is 25.3 Å². The van der Waals surface area contributed by atoms with Crippen molar-refractivity contribution in [1.29, 1.82) is 0 Å². The molecule has 0 aliphatic heterocycles. The molecule has 0 aromatic carbocycles. The predicted octanol–water partition coefficient (Wildman–Crippen LogP) is 1.72. The van der Waals surface area contributed by atoms with Crippen LogP contribution in [-0.2, 0) is 11.1 Å². The molecule has 0 saturated heterocycles. The Bertz CT molecular complexity index is 198. The van der Waals surface area contributed by atoms with Crippen LogP contribution in [0.2, 0.25) is 0 Å². The quantitative estimate of drug-likeness (QED) is 0.692. The molecule has 1 aliphatic carbocycles. The van der Waals surface area contributed by atoms with E-state index in [4.69, 9.17) is 4.55 Å². The van der Waals surface area contributed by atoms with Crippen molar-refractivity contribution in [1.82, 2.24) is 5.32 Å². The molecule has 2 N–H and O–H groups in total. The molecule has 0 amide bonds. The van der Waals surface area contributed by atoms with E-state index in [-0.39, 0.29) is 12.3 Å². The van der Waals surface area contributed by atoms with Crippen molar-refractivity contribution in [2.75, 3.05) is 18.8 Å². The standard InChI is InChI=1S/C10H20FNO2S/c11-10(8-15(13)14)7-12-6-9-4-2-1-3-5-9/h9-10,12H,1-8H2,(H,13,14). The lowest BCUT2D eigenvalue weighted by Gasteiger charge is -2.22. The average molecular weight is 237 g/mol. The second kappa shape index (κ2) is 7.30. The Hall–Kier alpha value is -0.0000000000000000486. The van der Waals surface area contributed by atoms with Gasteiger partial charge in [0.2, 0.25) is 0 Å². The van der Waals surface area contributed by atoms with Crippen LogP contribution in [0.4, 0.5) is 4.39 Å². The van der Waals surface area contributed by atoms with Crippen molar-refractivity contribution in [3.8, 4) is 0 Å². The topological polar surface area (TPSA) is 49.3 Å². The zero-order valence-electron chi connectivity index (χ0n) is 8.95. The summed E-state index contributed by atoms with van der Waals surface area (Å²) in [6.07, 6.45) is 5.15. The molecule has 1 fully saturated rings. The smallest absolute Gasteiger partial charge is 0.155 e. The summed E-state index contributed by atoms with van der Waals surface area (Å²) in [5.41, 5.74) is 0. The van der Waals surface area contributed by atoms with Gasteiger partial charge in [-0.2, -0.15) is 0 Å². The molecule has 0 heterocycles. The molecular weight excluding hydrogens is 217 g/mol. The van der Waals surface area contributed by atoms with Gasteiger partial charge in [0.15, 0.2) is 11.1 Å². The maximum atomic E-state index is 13.0. The Balaban J connectivity index is 2.02. The number of halogens is 1. The maximum absolute atomic E-state index is 13.0. The van der Waals surface area contributed by atoms with E-state index in [1.165, 1.54) is 32.1 Å². The van der Waals surface area contributed by atoms with Crippen LogP contribution in [0.1, 0.15) is 32.1 Å². The van der Waals surface area contributed by atoms with E-state index in [1.807, 2.05) is 0 Å². The third-order valence-corrected chi connectivity index (χ3v) is 3.49. The molecule has 0 aromatic heterocycles. The first-order valence-corrected chi connectivity index (χ1v) is 6.88. The van der Waals surface area contributed by atoms with Crippen molar-refractivity contribution in [3.05, 3.63) is 0 Å². The van der Waals surface area contributed by atoms with Crippen molar-refractivity contribution in [2.24, 2.45) is 5.92 Å². The summed E-state index contributed by atoms with van der Waals surface area (Å²) >= 11 is -2.02. The molecule has 2 unspecified atom stereocenters. The second-order valence-electron chi connectivity index (χ2n) is 4.25. The molecular formula is C10H20FNO2S. The normalized spacial score (nSPS) is 22.5. The summed E-state index contributed by atoms with van der Waals surface area (Å²) in [4.78, 5) is 0. The fourth-order valence-corrected chi connectivity index (χ4v) is 2.48. The van der Waals surface area contributed by atoms with Crippen LogP contribution in [0.3, 0.4) is 0 Å². The van der Waals surface area contributed by atoms with Crippen molar-refractivity contribution < 1.29 is 13.2 Å². The molecule has 15 heavy (non-hydrogen) atoms. The lowest BCUT2D eigenvalue weighted by atomic mass is 9.89. The minimum absolute atomic E-state index is 0.197. The van der Waals surface area contributed by atoms with Crippen LogP contribution >= 0.6 is 0 Å². The van der Waals surface area contributed by atoms with E-state index in [2.05, 4.69) is 5.32 Å². The zero-order chi connectivity index (χ0) is 11.1. The summed E-state index contributed by atoms with van der Waals surface area (Å²) in [5.74, 6) is 0.392. The minimum atomic E-state index is -2.02. The van der Waals surface area contributed by atoms with E-state index in [0.29, 0.717) is 5.92 Å². The lowest BCUT2D eigenvalue weighted by molar-refractivity contribution is 0.306. The van der Waals surface area contributed by atoms with Gasteiger partial charge in [-0.3, -0.25) is 0 Å². The summed E-state index contributed by atoms with van der Waals surface area (Å²) in [6, 6.07) is 0. The fraction of sp³-hybridized carbons (Fsp3) is 1.00. The molecule has 5 heteroatoms. The average Bonchev–Trinajstić information content (AvgIpc) is 2.18. The molecule has 1 saturated carbocycles. The predicted molar refractivity (Wildman–Crippen MR) is 60.0 cm³/mol. The Morgan fingerprint density at radius 1 is 1.40 bits per heavy atom. The molecule has 1 aliphatic rings. The summed E-state index contributed by atoms with van der Waals surface area (Å²) in [6.45, 7) is 1.04. The molecule has 0 bridgehead atoms. The van der Waals surface area contributed by atoms with Crippen molar-refractivity contribution in [3.63, 3.8) is 0 Å². The lowest BCUT2D eigenvalue weighted by Crippen LogP contribution is -2.32. The highest BCUT2D eigenvalue weighted by atomic mass is 32.2. The molecule has 0 radical (unpaired) electrons. The highest BCUT2D eigenvalue weighted by Gasteiger charge is 2.14. The Kier molecular flexibility index (Phi) is 6.36. The van der Waals surface area contributed by atoms with Gasteiger partial charge in [0.1, 0.15) is 6.17 Å². The van der Waals surface area contributed by atoms with E-state index < -0.39 is 17.3 Å².